The number of aryl methyl sites for hydroxylation is 1. The van der Waals surface area contributed by atoms with Crippen molar-refractivity contribution < 1.29 is 18.7 Å². The minimum absolute atomic E-state index is 0.337. The van der Waals surface area contributed by atoms with Crippen molar-refractivity contribution in [2.75, 3.05) is 36.5 Å². The van der Waals surface area contributed by atoms with Crippen LogP contribution in [0.25, 0.3) is 22.3 Å². The molecule has 1 amide bonds. The van der Waals surface area contributed by atoms with Gasteiger partial charge >= 0.3 is 0 Å². The van der Waals surface area contributed by atoms with Crippen molar-refractivity contribution in [2.24, 2.45) is 0 Å². The molecule has 1 fully saturated rings. The number of ether oxygens (including phenoxy) is 1. The predicted molar refractivity (Wildman–Crippen MR) is 109 cm³/mol. The molecule has 30 heavy (non-hydrogen) atoms. The molecule has 0 spiro atoms. The molecule has 0 bridgehead atoms. The van der Waals surface area contributed by atoms with Crippen molar-refractivity contribution in [3.8, 4) is 11.3 Å². The van der Waals surface area contributed by atoms with Gasteiger partial charge in [0.1, 0.15) is 17.0 Å². The van der Waals surface area contributed by atoms with E-state index in [1.807, 2.05) is 36.4 Å². The Labute approximate surface area is 171 Å². The number of fused-ring (bicyclic) bond motifs is 1. The summed E-state index contributed by atoms with van der Waals surface area (Å²) in [6.07, 6.45) is 0. The van der Waals surface area contributed by atoms with Gasteiger partial charge in [-0.2, -0.15) is 0 Å². The zero-order valence-corrected chi connectivity index (χ0v) is 16.3. The van der Waals surface area contributed by atoms with Crippen molar-refractivity contribution >= 4 is 28.3 Å². The first-order valence-electron chi connectivity index (χ1n) is 9.63. The van der Waals surface area contributed by atoms with Crippen LogP contribution >= 0.6 is 0 Å². The van der Waals surface area contributed by atoms with Gasteiger partial charge in [0, 0.05) is 18.7 Å². The van der Waals surface area contributed by atoms with Crippen LogP contribution in [0, 0.1) is 6.92 Å². The van der Waals surface area contributed by atoms with E-state index in [1.54, 1.807) is 13.0 Å². The molecule has 152 valence electrons. The maximum Gasteiger partial charge on any atom is 0.261 e. The fraction of sp³-hybridized carbons (Fsp3) is 0.238. The highest BCUT2D eigenvalue weighted by molar-refractivity contribution is 6.12. The lowest BCUT2D eigenvalue weighted by atomic mass is 10.1. The number of nitrogens with one attached hydrogen (secondary N) is 1. The highest BCUT2D eigenvalue weighted by atomic mass is 16.6. The van der Waals surface area contributed by atoms with Gasteiger partial charge in [-0.25, -0.2) is 4.63 Å². The van der Waals surface area contributed by atoms with Crippen LogP contribution in [-0.4, -0.2) is 47.7 Å². The first-order valence-corrected chi connectivity index (χ1v) is 9.63. The van der Waals surface area contributed by atoms with Gasteiger partial charge < -0.3 is 19.5 Å². The SMILES string of the molecule is Cc1onc(-c2ccccc2)c1C(=O)Nc1ccc(N2CCOCC2)c2nonc12. The molecular weight excluding hydrogens is 386 g/mol. The van der Waals surface area contributed by atoms with Crippen LogP contribution in [-0.2, 0) is 4.74 Å². The average molecular weight is 405 g/mol. The van der Waals surface area contributed by atoms with Crippen LogP contribution in [0.3, 0.4) is 0 Å². The van der Waals surface area contributed by atoms with Gasteiger partial charge in [-0.1, -0.05) is 35.5 Å². The summed E-state index contributed by atoms with van der Waals surface area (Å²) >= 11 is 0. The zero-order valence-electron chi connectivity index (χ0n) is 16.3. The van der Waals surface area contributed by atoms with Crippen LogP contribution in [0.5, 0.6) is 0 Å². The van der Waals surface area contributed by atoms with E-state index in [-0.39, 0.29) is 5.91 Å². The van der Waals surface area contributed by atoms with Crippen molar-refractivity contribution in [2.45, 2.75) is 6.92 Å². The third kappa shape index (κ3) is 3.18. The van der Waals surface area contributed by atoms with E-state index in [9.17, 15) is 4.79 Å². The molecule has 1 aliphatic heterocycles. The number of carbonyl (C=O) groups is 1. The molecule has 0 aliphatic carbocycles. The molecule has 0 unspecified atom stereocenters. The number of benzene rings is 2. The van der Waals surface area contributed by atoms with Crippen LogP contribution in [0.1, 0.15) is 16.1 Å². The molecule has 1 saturated heterocycles. The third-order valence-electron chi connectivity index (χ3n) is 5.13. The highest BCUT2D eigenvalue weighted by Crippen LogP contribution is 2.32. The number of rotatable bonds is 4. The molecule has 0 radical (unpaired) electrons. The van der Waals surface area contributed by atoms with Gasteiger partial charge in [0.25, 0.3) is 5.91 Å². The molecule has 0 atom stereocenters. The van der Waals surface area contributed by atoms with E-state index in [4.69, 9.17) is 13.9 Å². The summed E-state index contributed by atoms with van der Waals surface area (Å²) in [5.74, 6) is 0.0989. The topological polar surface area (TPSA) is 107 Å². The Morgan fingerprint density at radius 1 is 1.00 bits per heavy atom. The maximum absolute atomic E-state index is 13.1. The largest absolute Gasteiger partial charge is 0.378 e. The Morgan fingerprint density at radius 2 is 1.77 bits per heavy atom. The molecule has 1 aliphatic rings. The Bertz CT molecular complexity index is 1190. The van der Waals surface area contributed by atoms with Gasteiger partial charge in [-0.05, 0) is 29.4 Å². The second-order valence-electron chi connectivity index (χ2n) is 6.98. The second-order valence-corrected chi connectivity index (χ2v) is 6.98. The monoisotopic (exact) mass is 405 g/mol. The van der Waals surface area contributed by atoms with Crippen LogP contribution in [0.4, 0.5) is 11.4 Å². The number of morpholine rings is 1. The number of aromatic nitrogens is 3. The van der Waals surface area contributed by atoms with Crippen LogP contribution in [0.15, 0.2) is 51.6 Å². The lowest BCUT2D eigenvalue weighted by molar-refractivity contribution is 0.102. The lowest BCUT2D eigenvalue weighted by Crippen LogP contribution is -2.36. The van der Waals surface area contributed by atoms with Gasteiger partial charge in [0.2, 0.25) is 0 Å². The summed E-state index contributed by atoms with van der Waals surface area (Å²) in [6, 6.07) is 13.1. The van der Waals surface area contributed by atoms with E-state index in [2.05, 4.69) is 25.7 Å². The van der Waals surface area contributed by atoms with Gasteiger partial charge in [-0.3, -0.25) is 4.79 Å². The summed E-state index contributed by atoms with van der Waals surface area (Å²) in [5.41, 5.74) is 4.16. The predicted octanol–water partition coefficient (Wildman–Crippen LogP) is 3.28. The molecule has 5 rings (SSSR count). The number of hydrogen-bond acceptors (Lipinski definition) is 8. The van der Waals surface area contributed by atoms with Crippen molar-refractivity contribution in [3.63, 3.8) is 0 Å². The highest BCUT2D eigenvalue weighted by Gasteiger charge is 2.24. The molecular formula is C21H19N5O4. The summed E-state index contributed by atoms with van der Waals surface area (Å²) in [5, 5.41) is 15.1. The molecule has 9 nitrogen and oxygen atoms in total. The normalized spacial score (nSPS) is 14.2. The summed E-state index contributed by atoms with van der Waals surface area (Å²) in [6.45, 7) is 4.53. The van der Waals surface area contributed by atoms with E-state index in [0.29, 0.717) is 47.0 Å². The van der Waals surface area contributed by atoms with Crippen molar-refractivity contribution in [3.05, 3.63) is 53.8 Å². The number of carbonyl (C=O) groups excluding carboxylic acids is 1. The fourth-order valence-corrected chi connectivity index (χ4v) is 3.63. The maximum atomic E-state index is 13.1. The van der Waals surface area contributed by atoms with Crippen LogP contribution in [0.2, 0.25) is 0 Å². The van der Waals surface area contributed by atoms with Crippen molar-refractivity contribution in [1.29, 1.82) is 0 Å². The van der Waals surface area contributed by atoms with Gasteiger partial charge in [0.05, 0.1) is 24.6 Å². The standard InChI is InChI=1S/C21H19N5O4/c1-13-17(18(23-29-13)14-5-3-2-4-6-14)21(27)22-15-7-8-16(20-19(15)24-30-25-20)26-9-11-28-12-10-26/h2-8H,9-12H2,1H3,(H,22,27). The Kier molecular flexibility index (Phi) is 4.64. The third-order valence-corrected chi connectivity index (χ3v) is 5.13. The number of amides is 1. The summed E-state index contributed by atoms with van der Waals surface area (Å²) in [7, 11) is 0. The molecule has 4 aromatic rings. The van der Waals surface area contributed by atoms with E-state index >= 15 is 0 Å². The van der Waals surface area contributed by atoms with Crippen LogP contribution < -0.4 is 10.2 Å². The number of anilines is 2. The molecule has 2 aromatic heterocycles. The molecule has 0 saturated carbocycles. The van der Waals surface area contributed by atoms with E-state index in [0.717, 1.165) is 24.3 Å². The van der Waals surface area contributed by atoms with Gasteiger partial charge in [0.15, 0.2) is 11.0 Å². The Morgan fingerprint density at radius 3 is 2.57 bits per heavy atom. The summed E-state index contributed by atoms with van der Waals surface area (Å²) in [4.78, 5) is 15.3. The van der Waals surface area contributed by atoms with E-state index < -0.39 is 0 Å². The van der Waals surface area contributed by atoms with Gasteiger partial charge in [-0.15, -0.1) is 0 Å². The minimum atomic E-state index is -0.337. The first kappa shape index (κ1) is 18.3. The quantitative estimate of drug-likeness (QED) is 0.551. The molecule has 9 heteroatoms. The second kappa shape index (κ2) is 7.60. The number of hydrogen-bond donors (Lipinski definition) is 1. The Balaban J connectivity index is 1.48. The minimum Gasteiger partial charge on any atom is -0.378 e. The first-order chi connectivity index (χ1) is 14.7. The molecule has 2 aromatic carbocycles. The average Bonchev–Trinajstić information content (AvgIpc) is 3.42. The van der Waals surface area contributed by atoms with E-state index in [1.165, 1.54) is 0 Å². The smallest absolute Gasteiger partial charge is 0.261 e. The number of nitrogens with zero attached hydrogens (tertiary/aromatic N) is 4. The molecule has 1 N–H and O–H groups in total. The lowest BCUT2D eigenvalue weighted by Gasteiger charge is -2.28. The molecule has 3 heterocycles. The summed E-state index contributed by atoms with van der Waals surface area (Å²) < 4.78 is 15.7. The fourth-order valence-electron chi connectivity index (χ4n) is 3.63. The van der Waals surface area contributed by atoms with Crippen molar-refractivity contribution in [1.82, 2.24) is 15.5 Å². The Hall–Kier alpha value is -3.72. The zero-order chi connectivity index (χ0) is 20.5.